The second-order valence-corrected chi connectivity index (χ2v) is 5.25. The number of rotatable bonds is 3. The fourth-order valence-electron chi connectivity index (χ4n) is 1.50. The van der Waals surface area contributed by atoms with Crippen LogP contribution in [0, 0.1) is 11.6 Å². The molecule has 18 heavy (non-hydrogen) atoms. The highest BCUT2D eigenvalue weighted by Crippen LogP contribution is 2.17. The summed E-state index contributed by atoms with van der Waals surface area (Å²) in [7, 11) is -1.42. The van der Waals surface area contributed by atoms with E-state index < -0.39 is 22.4 Å². The number of benzene rings is 2. The molecule has 2 aromatic carbocycles. The van der Waals surface area contributed by atoms with Gasteiger partial charge in [-0.05, 0) is 42.5 Å². The van der Waals surface area contributed by atoms with E-state index in [0.717, 1.165) is 18.2 Å². The largest absolute Gasteiger partial charge is 0.399 e. The average molecular weight is 267 g/mol. The van der Waals surface area contributed by atoms with Gasteiger partial charge in [0, 0.05) is 16.1 Å². The monoisotopic (exact) mass is 267 g/mol. The Morgan fingerprint density at radius 3 is 2.39 bits per heavy atom. The van der Waals surface area contributed by atoms with E-state index in [4.69, 9.17) is 5.73 Å². The van der Waals surface area contributed by atoms with Crippen LogP contribution in [0.15, 0.2) is 47.4 Å². The quantitative estimate of drug-likeness (QED) is 0.869. The Morgan fingerprint density at radius 1 is 1.06 bits per heavy atom. The third-order valence-electron chi connectivity index (χ3n) is 2.44. The van der Waals surface area contributed by atoms with Crippen molar-refractivity contribution in [1.82, 2.24) is 0 Å². The molecule has 0 bridgehead atoms. The minimum Gasteiger partial charge on any atom is -0.399 e. The molecule has 0 saturated carbocycles. The van der Waals surface area contributed by atoms with E-state index in [1.54, 1.807) is 24.3 Å². The number of halogens is 2. The molecule has 0 aliphatic carbocycles. The summed E-state index contributed by atoms with van der Waals surface area (Å²) in [6.07, 6.45) is 0. The van der Waals surface area contributed by atoms with Crippen LogP contribution in [-0.4, -0.2) is 4.21 Å². The van der Waals surface area contributed by atoms with E-state index >= 15 is 0 Å². The zero-order chi connectivity index (χ0) is 13.1. The molecule has 0 aliphatic rings. The Balaban J connectivity index is 2.21. The summed E-state index contributed by atoms with van der Waals surface area (Å²) in [6, 6.07) is 9.59. The van der Waals surface area contributed by atoms with E-state index in [2.05, 4.69) is 0 Å². The molecule has 2 nitrogen and oxygen atoms in total. The summed E-state index contributed by atoms with van der Waals surface area (Å²) in [5, 5.41) is 0. The van der Waals surface area contributed by atoms with Crippen molar-refractivity contribution < 1.29 is 13.0 Å². The predicted molar refractivity (Wildman–Crippen MR) is 67.3 cm³/mol. The maximum absolute atomic E-state index is 13.4. The van der Waals surface area contributed by atoms with E-state index in [-0.39, 0.29) is 11.3 Å². The van der Waals surface area contributed by atoms with Crippen LogP contribution >= 0.6 is 0 Å². The van der Waals surface area contributed by atoms with Gasteiger partial charge in [0.05, 0.1) is 16.6 Å². The second-order valence-electron chi connectivity index (χ2n) is 3.79. The Labute approximate surface area is 106 Å². The lowest BCUT2D eigenvalue weighted by atomic mass is 10.2. The van der Waals surface area contributed by atoms with Gasteiger partial charge in [0.1, 0.15) is 11.6 Å². The molecule has 0 spiro atoms. The molecule has 2 rings (SSSR count). The molecular weight excluding hydrogens is 256 g/mol. The van der Waals surface area contributed by atoms with E-state index in [1.807, 2.05) is 0 Å². The van der Waals surface area contributed by atoms with E-state index in [0.29, 0.717) is 10.6 Å². The molecular formula is C13H11F2NOS. The Morgan fingerprint density at radius 2 is 1.72 bits per heavy atom. The molecule has 0 saturated heterocycles. The summed E-state index contributed by atoms with van der Waals surface area (Å²) in [6.45, 7) is 0. The van der Waals surface area contributed by atoms with Crippen molar-refractivity contribution in [2.45, 2.75) is 10.6 Å². The van der Waals surface area contributed by atoms with Crippen LogP contribution in [0.3, 0.4) is 0 Å². The van der Waals surface area contributed by atoms with Gasteiger partial charge in [-0.15, -0.1) is 0 Å². The van der Waals surface area contributed by atoms with Crippen molar-refractivity contribution in [2.24, 2.45) is 0 Å². The normalized spacial score (nSPS) is 12.3. The molecule has 94 valence electrons. The Hall–Kier alpha value is -1.75. The number of nitrogens with two attached hydrogens (primary N) is 1. The van der Waals surface area contributed by atoms with Gasteiger partial charge in [-0.3, -0.25) is 4.21 Å². The van der Waals surface area contributed by atoms with Crippen molar-refractivity contribution in [3.05, 3.63) is 59.7 Å². The number of hydrogen-bond acceptors (Lipinski definition) is 2. The molecule has 0 radical (unpaired) electrons. The number of nitrogen functional groups attached to an aromatic ring is 1. The first-order chi connectivity index (χ1) is 8.56. The van der Waals surface area contributed by atoms with Crippen LogP contribution in [-0.2, 0) is 16.6 Å². The maximum Gasteiger partial charge on any atom is 0.127 e. The van der Waals surface area contributed by atoms with Gasteiger partial charge < -0.3 is 5.73 Å². The summed E-state index contributed by atoms with van der Waals surface area (Å²) in [4.78, 5) is 0.535. The van der Waals surface area contributed by atoms with Crippen molar-refractivity contribution >= 4 is 16.5 Å². The predicted octanol–water partition coefficient (Wildman–Crippen LogP) is 2.85. The summed E-state index contributed by atoms with van der Waals surface area (Å²) < 4.78 is 38.3. The van der Waals surface area contributed by atoms with Gasteiger partial charge in [0.25, 0.3) is 0 Å². The van der Waals surface area contributed by atoms with Gasteiger partial charge >= 0.3 is 0 Å². The Kier molecular flexibility index (Phi) is 3.72. The first kappa shape index (κ1) is 12.7. The van der Waals surface area contributed by atoms with Crippen LogP contribution in [0.1, 0.15) is 5.56 Å². The highest BCUT2D eigenvalue weighted by Gasteiger charge is 2.10. The lowest BCUT2D eigenvalue weighted by molar-refractivity contribution is 0.590. The van der Waals surface area contributed by atoms with Gasteiger partial charge in [-0.2, -0.15) is 0 Å². The van der Waals surface area contributed by atoms with Crippen LogP contribution in [0.5, 0.6) is 0 Å². The second kappa shape index (κ2) is 5.27. The molecule has 2 N–H and O–H groups in total. The highest BCUT2D eigenvalue weighted by molar-refractivity contribution is 7.84. The summed E-state index contributed by atoms with van der Waals surface area (Å²) in [5.41, 5.74) is 6.18. The molecule has 0 fully saturated rings. The van der Waals surface area contributed by atoms with E-state index in [1.165, 1.54) is 0 Å². The smallest absolute Gasteiger partial charge is 0.127 e. The fraction of sp³-hybridized carbons (Fsp3) is 0.0769. The molecule has 1 unspecified atom stereocenters. The first-order valence-corrected chi connectivity index (χ1v) is 6.56. The lowest BCUT2D eigenvalue weighted by Gasteiger charge is -2.04. The van der Waals surface area contributed by atoms with Crippen molar-refractivity contribution in [3.8, 4) is 0 Å². The lowest BCUT2D eigenvalue weighted by Crippen LogP contribution is -2.00. The van der Waals surface area contributed by atoms with Gasteiger partial charge in [0.2, 0.25) is 0 Å². The van der Waals surface area contributed by atoms with Crippen molar-refractivity contribution in [2.75, 3.05) is 5.73 Å². The molecule has 0 aliphatic heterocycles. The maximum atomic E-state index is 13.4. The topological polar surface area (TPSA) is 43.1 Å². The molecule has 2 aromatic rings. The van der Waals surface area contributed by atoms with Crippen LogP contribution in [0.25, 0.3) is 0 Å². The highest BCUT2D eigenvalue weighted by atomic mass is 32.2. The first-order valence-electron chi connectivity index (χ1n) is 5.24. The molecule has 5 heteroatoms. The van der Waals surface area contributed by atoms with Crippen LogP contribution in [0.2, 0.25) is 0 Å². The minimum absolute atomic E-state index is 0.0620. The minimum atomic E-state index is -1.42. The third-order valence-corrected chi connectivity index (χ3v) is 3.81. The number of hydrogen-bond donors (Lipinski definition) is 1. The Bertz CT molecular complexity index is 584. The van der Waals surface area contributed by atoms with Crippen molar-refractivity contribution in [3.63, 3.8) is 0 Å². The van der Waals surface area contributed by atoms with Gasteiger partial charge in [-0.1, -0.05) is 0 Å². The zero-order valence-electron chi connectivity index (χ0n) is 9.40. The fourth-order valence-corrected chi connectivity index (χ4v) is 2.61. The van der Waals surface area contributed by atoms with Crippen LogP contribution < -0.4 is 5.73 Å². The zero-order valence-corrected chi connectivity index (χ0v) is 10.2. The summed E-state index contributed by atoms with van der Waals surface area (Å²) in [5.74, 6) is -1.16. The van der Waals surface area contributed by atoms with E-state index in [9.17, 15) is 13.0 Å². The van der Waals surface area contributed by atoms with Crippen molar-refractivity contribution in [1.29, 1.82) is 0 Å². The molecule has 0 heterocycles. The number of anilines is 1. The van der Waals surface area contributed by atoms with Gasteiger partial charge in [0.15, 0.2) is 0 Å². The third kappa shape index (κ3) is 2.92. The molecule has 0 amide bonds. The van der Waals surface area contributed by atoms with Crippen LogP contribution in [0.4, 0.5) is 14.5 Å². The molecule has 1 atom stereocenters. The summed E-state index contributed by atoms with van der Waals surface area (Å²) >= 11 is 0. The van der Waals surface area contributed by atoms with Gasteiger partial charge in [-0.25, -0.2) is 8.78 Å². The molecule has 0 aromatic heterocycles. The standard InChI is InChI=1S/C13H11F2NOS/c14-10-1-6-13(15)9(7-10)8-18(17)12-4-2-11(16)3-5-12/h1-7H,8,16H2. The average Bonchev–Trinajstić information content (AvgIpc) is 2.34. The SMILES string of the molecule is Nc1ccc(S(=O)Cc2cc(F)ccc2F)cc1.